The zero-order valence-corrected chi connectivity index (χ0v) is 11.6. The summed E-state index contributed by atoms with van der Waals surface area (Å²) in [4.78, 5) is 16.5. The van der Waals surface area contributed by atoms with Gasteiger partial charge in [0.2, 0.25) is 0 Å². The molecule has 2 rings (SSSR count). The predicted octanol–water partition coefficient (Wildman–Crippen LogP) is 2.97. The molecule has 6 heteroatoms. The van der Waals surface area contributed by atoms with E-state index in [-0.39, 0.29) is 5.97 Å². The lowest BCUT2D eigenvalue weighted by molar-refractivity contribution is 0.0600. The highest BCUT2D eigenvalue weighted by molar-refractivity contribution is 8.01. The molecular formula is C12H12N2O2S2. The molecule has 0 spiro atoms. The quantitative estimate of drug-likeness (QED) is 0.876. The average molecular weight is 280 g/mol. The highest BCUT2D eigenvalue weighted by atomic mass is 32.2. The van der Waals surface area contributed by atoms with Gasteiger partial charge in [-0.25, -0.2) is 9.78 Å². The van der Waals surface area contributed by atoms with Crippen molar-refractivity contribution in [1.29, 1.82) is 0 Å². The Labute approximate surface area is 113 Å². The molecule has 2 N–H and O–H groups in total. The molecule has 0 saturated carbocycles. The van der Waals surface area contributed by atoms with Crippen molar-refractivity contribution in [3.8, 4) is 0 Å². The normalized spacial score (nSPS) is 10.3. The number of hydrogen-bond donors (Lipinski definition) is 1. The maximum Gasteiger partial charge on any atom is 0.337 e. The van der Waals surface area contributed by atoms with Gasteiger partial charge in [-0.3, -0.25) is 0 Å². The molecule has 1 aromatic carbocycles. The number of rotatable bonds is 3. The summed E-state index contributed by atoms with van der Waals surface area (Å²) >= 11 is 2.97. The van der Waals surface area contributed by atoms with Gasteiger partial charge in [0.05, 0.1) is 23.1 Å². The standard InChI is InChI=1S/C12H12N2O2S2/c1-7-3-4-8(11(15)16-2)5-9(7)17-10-6-14-12(13)18-10/h3-6H,1-2H3,(H2,13,14). The summed E-state index contributed by atoms with van der Waals surface area (Å²) in [6, 6.07) is 5.48. The summed E-state index contributed by atoms with van der Waals surface area (Å²) in [5.74, 6) is -0.333. The van der Waals surface area contributed by atoms with E-state index in [0.29, 0.717) is 10.7 Å². The first-order valence-electron chi connectivity index (χ1n) is 5.18. The molecule has 0 saturated heterocycles. The number of methoxy groups -OCH3 is 1. The van der Waals surface area contributed by atoms with Crippen molar-refractivity contribution >= 4 is 34.2 Å². The lowest BCUT2D eigenvalue weighted by atomic mass is 10.1. The van der Waals surface area contributed by atoms with Gasteiger partial charge in [-0.1, -0.05) is 29.2 Å². The second-order valence-corrected chi connectivity index (χ2v) is 6.00. The molecule has 0 amide bonds. The van der Waals surface area contributed by atoms with Crippen LogP contribution >= 0.6 is 23.1 Å². The van der Waals surface area contributed by atoms with Crippen molar-refractivity contribution < 1.29 is 9.53 Å². The predicted molar refractivity (Wildman–Crippen MR) is 73.2 cm³/mol. The van der Waals surface area contributed by atoms with E-state index in [1.807, 2.05) is 19.1 Å². The third-order valence-corrected chi connectivity index (χ3v) is 4.41. The zero-order chi connectivity index (χ0) is 13.1. The van der Waals surface area contributed by atoms with Gasteiger partial charge in [-0.05, 0) is 24.6 Å². The van der Waals surface area contributed by atoms with Crippen LogP contribution in [0.5, 0.6) is 0 Å². The first-order valence-corrected chi connectivity index (χ1v) is 6.81. The van der Waals surface area contributed by atoms with Crippen LogP contribution in [0.3, 0.4) is 0 Å². The first-order chi connectivity index (χ1) is 8.60. The van der Waals surface area contributed by atoms with Crippen LogP contribution in [0.1, 0.15) is 15.9 Å². The molecule has 0 radical (unpaired) electrons. The second kappa shape index (κ2) is 5.41. The Morgan fingerprint density at radius 1 is 1.50 bits per heavy atom. The summed E-state index contributed by atoms with van der Waals surface area (Å²) < 4.78 is 5.71. The van der Waals surface area contributed by atoms with Crippen molar-refractivity contribution in [1.82, 2.24) is 4.98 Å². The van der Waals surface area contributed by atoms with E-state index < -0.39 is 0 Å². The van der Waals surface area contributed by atoms with E-state index in [2.05, 4.69) is 4.98 Å². The minimum Gasteiger partial charge on any atom is -0.465 e. The van der Waals surface area contributed by atoms with E-state index >= 15 is 0 Å². The summed E-state index contributed by atoms with van der Waals surface area (Å²) in [6.07, 6.45) is 1.73. The number of hydrogen-bond acceptors (Lipinski definition) is 6. The topological polar surface area (TPSA) is 65.2 Å². The highest BCUT2D eigenvalue weighted by Crippen LogP contribution is 2.35. The lowest BCUT2D eigenvalue weighted by Crippen LogP contribution is -2.01. The number of ether oxygens (including phenoxy) is 1. The van der Waals surface area contributed by atoms with Crippen LogP contribution in [0.2, 0.25) is 0 Å². The van der Waals surface area contributed by atoms with Gasteiger partial charge < -0.3 is 10.5 Å². The maximum absolute atomic E-state index is 11.5. The second-order valence-electron chi connectivity index (χ2n) is 3.59. The molecule has 2 aromatic rings. The Morgan fingerprint density at radius 2 is 2.28 bits per heavy atom. The van der Waals surface area contributed by atoms with Crippen LogP contribution in [0.25, 0.3) is 0 Å². The Kier molecular flexibility index (Phi) is 3.88. The van der Waals surface area contributed by atoms with Crippen molar-refractivity contribution in [2.45, 2.75) is 16.0 Å². The number of nitrogens with two attached hydrogens (primary N) is 1. The number of benzene rings is 1. The molecule has 1 aromatic heterocycles. The molecule has 0 aliphatic rings. The number of nitrogens with zero attached hydrogens (tertiary/aromatic N) is 1. The summed E-state index contributed by atoms with van der Waals surface area (Å²) in [7, 11) is 1.37. The van der Waals surface area contributed by atoms with Gasteiger partial charge in [0.15, 0.2) is 5.13 Å². The molecular weight excluding hydrogens is 268 g/mol. The molecule has 0 atom stereocenters. The number of aryl methyl sites for hydroxylation is 1. The number of nitrogen functional groups attached to an aromatic ring is 1. The number of anilines is 1. The third kappa shape index (κ3) is 2.83. The van der Waals surface area contributed by atoms with E-state index in [1.165, 1.54) is 18.4 Å². The van der Waals surface area contributed by atoms with Crippen LogP contribution in [0.15, 0.2) is 33.5 Å². The fourth-order valence-electron chi connectivity index (χ4n) is 1.38. The zero-order valence-electron chi connectivity index (χ0n) is 9.97. The van der Waals surface area contributed by atoms with Gasteiger partial charge in [-0.15, -0.1) is 0 Å². The number of carbonyl (C=O) groups excluding carboxylic acids is 1. The van der Waals surface area contributed by atoms with E-state index in [0.717, 1.165) is 14.7 Å². The molecule has 0 unspecified atom stereocenters. The molecule has 18 heavy (non-hydrogen) atoms. The van der Waals surface area contributed by atoms with E-state index in [9.17, 15) is 4.79 Å². The van der Waals surface area contributed by atoms with E-state index in [1.54, 1.807) is 24.0 Å². The molecule has 1 heterocycles. The van der Waals surface area contributed by atoms with Crippen LogP contribution in [-0.4, -0.2) is 18.1 Å². The van der Waals surface area contributed by atoms with Crippen LogP contribution < -0.4 is 5.73 Å². The highest BCUT2D eigenvalue weighted by Gasteiger charge is 2.10. The third-order valence-electron chi connectivity index (χ3n) is 2.32. The smallest absolute Gasteiger partial charge is 0.337 e. The van der Waals surface area contributed by atoms with Crippen molar-refractivity contribution in [3.63, 3.8) is 0 Å². The Morgan fingerprint density at radius 3 is 2.89 bits per heavy atom. The lowest BCUT2D eigenvalue weighted by Gasteiger charge is -2.06. The van der Waals surface area contributed by atoms with Gasteiger partial charge in [0.1, 0.15) is 0 Å². The number of thiazole rings is 1. The largest absolute Gasteiger partial charge is 0.465 e. The summed E-state index contributed by atoms with van der Waals surface area (Å²) in [5, 5.41) is 0.541. The molecule has 4 nitrogen and oxygen atoms in total. The van der Waals surface area contributed by atoms with Crippen LogP contribution in [0.4, 0.5) is 5.13 Å². The summed E-state index contributed by atoms with van der Waals surface area (Å²) in [5.41, 5.74) is 7.23. The maximum atomic E-state index is 11.5. The number of esters is 1. The first kappa shape index (κ1) is 12.9. The number of carbonyl (C=O) groups is 1. The average Bonchev–Trinajstić information content (AvgIpc) is 2.76. The van der Waals surface area contributed by atoms with Crippen molar-refractivity contribution in [3.05, 3.63) is 35.5 Å². The Hall–Kier alpha value is -1.53. The Bertz CT molecular complexity index is 581. The minimum atomic E-state index is -0.333. The molecule has 94 valence electrons. The summed E-state index contributed by atoms with van der Waals surface area (Å²) in [6.45, 7) is 1.99. The van der Waals surface area contributed by atoms with Gasteiger partial charge in [0.25, 0.3) is 0 Å². The van der Waals surface area contributed by atoms with Crippen LogP contribution in [0, 0.1) is 6.92 Å². The molecule has 0 bridgehead atoms. The van der Waals surface area contributed by atoms with Crippen molar-refractivity contribution in [2.75, 3.05) is 12.8 Å². The SMILES string of the molecule is COC(=O)c1ccc(C)c(Sc2cnc(N)s2)c1. The monoisotopic (exact) mass is 280 g/mol. The number of aromatic nitrogens is 1. The van der Waals surface area contributed by atoms with Gasteiger partial charge in [-0.2, -0.15) is 0 Å². The van der Waals surface area contributed by atoms with Crippen molar-refractivity contribution in [2.24, 2.45) is 0 Å². The fourth-order valence-corrected chi connectivity index (χ4v) is 3.23. The molecule has 0 aliphatic heterocycles. The molecule has 0 aliphatic carbocycles. The fraction of sp³-hybridized carbons (Fsp3) is 0.167. The van der Waals surface area contributed by atoms with E-state index in [4.69, 9.17) is 10.5 Å². The van der Waals surface area contributed by atoms with Gasteiger partial charge in [0, 0.05) is 4.90 Å². The van der Waals surface area contributed by atoms with Gasteiger partial charge >= 0.3 is 5.97 Å². The Balaban J connectivity index is 2.29. The van der Waals surface area contributed by atoms with Crippen LogP contribution in [-0.2, 0) is 4.74 Å². The molecule has 0 fully saturated rings. The minimum absolute atomic E-state index is 0.333.